The van der Waals surface area contributed by atoms with Gasteiger partial charge >= 0.3 is 0 Å². The lowest BCUT2D eigenvalue weighted by Crippen LogP contribution is -2.39. The smallest absolute Gasteiger partial charge is 0.174 e. The molecule has 1 atom stereocenters. The second kappa shape index (κ2) is 6.21. The molecule has 1 aromatic rings. The number of para-hydroxylation sites is 1. The molecule has 0 bridgehead atoms. The van der Waals surface area contributed by atoms with Gasteiger partial charge < -0.3 is 14.4 Å². The summed E-state index contributed by atoms with van der Waals surface area (Å²) in [6.07, 6.45) is 0.981. The normalized spacial score (nSPS) is 18.4. The number of anilines is 1. The van der Waals surface area contributed by atoms with Crippen LogP contribution in [0.3, 0.4) is 0 Å². The van der Waals surface area contributed by atoms with Gasteiger partial charge in [0.2, 0.25) is 0 Å². The predicted octanol–water partition coefficient (Wildman–Crippen LogP) is 2.84. The first kappa shape index (κ1) is 13.4. The number of benzene rings is 1. The van der Waals surface area contributed by atoms with Gasteiger partial charge in [0, 0.05) is 24.9 Å². The van der Waals surface area contributed by atoms with Crippen LogP contribution >= 0.6 is 0 Å². The Hall–Kier alpha value is -1.06. The molecule has 0 aromatic heterocycles. The fourth-order valence-electron chi connectivity index (χ4n) is 2.59. The van der Waals surface area contributed by atoms with E-state index in [1.807, 2.05) is 13.8 Å². The van der Waals surface area contributed by atoms with E-state index < -0.39 is 0 Å². The third-order valence-electron chi connectivity index (χ3n) is 3.40. The van der Waals surface area contributed by atoms with Gasteiger partial charge in [-0.2, -0.15) is 0 Å². The van der Waals surface area contributed by atoms with Crippen LogP contribution in [0.4, 0.5) is 5.69 Å². The molecule has 100 valence electrons. The van der Waals surface area contributed by atoms with Crippen molar-refractivity contribution >= 4 is 5.69 Å². The lowest BCUT2D eigenvalue weighted by Gasteiger charge is -2.29. The molecule has 0 fully saturated rings. The molecule has 18 heavy (non-hydrogen) atoms. The minimum Gasteiger partial charge on any atom is -0.363 e. The van der Waals surface area contributed by atoms with Crippen molar-refractivity contribution in [2.45, 2.75) is 39.5 Å². The Bertz CT molecular complexity index is 375. The van der Waals surface area contributed by atoms with Gasteiger partial charge in [0.1, 0.15) is 0 Å². The van der Waals surface area contributed by atoms with Crippen molar-refractivity contribution in [2.75, 3.05) is 24.7 Å². The Labute approximate surface area is 110 Å². The number of hydrogen-bond acceptors (Lipinski definition) is 3. The lowest BCUT2D eigenvalue weighted by molar-refractivity contribution is -0.129. The summed E-state index contributed by atoms with van der Waals surface area (Å²) in [6.45, 7) is 8.46. The minimum atomic E-state index is -0.131. The van der Waals surface area contributed by atoms with Crippen LogP contribution in [0.2, 0.25) is 0 Å². The first-order valence-corrected chi connectivity index (χ1v) is 6.84. The van der Waals surface area contributed by atoms with Crippen molar-refractivity contribution < 1.29 is 9.47 Å². The molecule has 1 heterocycles. The van der Waals surface area contributed by atoms with Crippen molar-refractivity contribution in [2.24, 2.45) is 0 Å². The molecule has 2 rings (SSSR count). The van der Waals surface area contributed by atoms with Crippen molar-refractivity contribution in [3.8, 4) is 0 Å². The molecule has 1 aliphatic heterocycles. The van der Waals surface area contributed by atoms with E-state index in [0.717, 1.165) is 13.0 Å². The van der Waals surface area contributed by atoms with E-state index in [1.165, 1.54) is 11.3 Å². The monoisotopic (exact) mass is 249 g/mol. The van der Waals surface area contributed by atoms with Crippen LogP contribution < -0.4 is 4.90 Å². The zero-order valence-corrected chi connectivity index (χ0v) is 11.6. The van der Waals surface area contributed by atoms with Gasteiger partial charge in [0.15, 0.2) is 6.29 Å². The molecule has 3 heteroatoms. The van der Waals surface area contributed by atoms with E-state index >= 15 is 0 Å². The van der Waals surface area contributed by atoms with Crippen molar-refractivity contribution in [1.29, 1.82) is 0 Å². The third-order valence-corrected chi connectivity index (χ3v) is 3.40. The summed E-state index contributed by atoms with van der Waals surface area (Å²) in [5.41, 5.74) is 2.76. The van der Waals surface area contributed by atoms with Crippen LogP contribution in [0, 0.1) is 0 Å². The zero-order chi connectivity index (χ0) is 13.0. The molecule has 0 radical (unpaired) electrons. The lowest BCUT2D eigenvalue weighted by atomic mass is 10.1. The molecule has 0 saturated heterocycles. The summed E-state index contributed by atoms with van der Waals surface area (Å²) in [4.78, 5) is 2.39. The average molecular weight is 249 g/mol. The average Bonchev–Trinajstić information content (AvgIpc) is 2.67. The molecule has 1 unspecified atom stereocenters. The van der Waals surface area contributed by atoms with E-state index in [9.17, 15) is 0 Å². The molecule has 0 spiro atoms. The van der Waals surface area contributed by atoms with Crippen LogP contribution in [-0.2, 0) is 15.9 Å². The molecule has 3 nitrogen and oxygen atoms in total. The van der Waals surface area contributed by atoms with E-state index in [2.05, 4.69) is 36.1 Å². The molecule has 0 N–H and O–H groups in total. The third kappa shape index (κ3) is 2.85. The topological polar surface area (TPSA) is 21.7 Å². The van der Waals surface area contributed by atoms with Gasteiger partial charge in [-0.1, -0.05) is 18.2 Å². The van der Waals surface area contributed by atoms with Crippen LogP contribution in [0.25, 0.3) is 0 Å². The number of ether oxygens (including phenoxy) is 2. The zero-order valence-electron chi connectivity index (χ0n) is 11.6. The maximum atomic E-state index is 5.64. The Kier molecular flexibility index (Phi) is 4.61. The van der Waals surface area contributed by atoms with Crippen molar-refractivity contribution in [3.05, 3.63) is 29.8 Å². The Morgan fingerprint density at radius 3 is 2.56 bits per heavy atom. The van der Waals surface area contributed by atoms with E-state index in [1.54, 1.807) is 0 Å². The number of nitrogens with zero attached hydrogens (tertiary/aromatic N) is 1. The molecule has 0 saturated carbocycles. The molecular weight excluding hydrogens is 226 g/mol. The molecule has 1 aromatic carbocycles. The summed E-state index contributed by atoms with van der Waals surface area (Å²) in [5.74, 6) is 0. The second-order valence-corrected chi connectivity index (χ2v) is 4.67. The van der Waals surface area contributed by atoms with E-state index in [0.29, 0.717) is 19.3 Å². The van der Waals surface area contributed by atoms with Crippen LogP contribution in [-0.4, -0.2) is 32.1 Å². The van der Waals surface area contributed by atoms with Crippen LogP contribution in [0.15, 0.2) is 24.3 Å². The van der Waals surface area contributed by atoms with E-state index in [4.69, 9.17) is 9.47 Å². The molecule has 0 amide bonds. The highest BCUT2D eigenvalue weighted by Gasteiger charge is 2.27. The largest absolute Gasteiger partial charge is 0.363 e. The maximum absolute atomic E-state index is 5.64. The number of hydrogen-bond donors (Lipinski definition) is 0. The highest BCUT2D eigenvalue weighted by Crippen LogP contribution is 2.31. The second-order valence-electron chi connectivity index (χ2n) is 4.67. The minimum absolute atomic E-state index is 0.131. The Morgan fingerprint density at radius 2 is 1.89 bits per heavy atom. The summed E-state index contributed by atoms with van der Waals surface area (Å²) >= 11 is 0. The van der Waals surface area contributed by atoms with Gasteiger partial charge in [-0.3, -0.25) is 0 Å². The van der Waals surface area contributed by atoms with E-state index in [-0.39, 0.29) is 6.29 Å². The van der Waals surface area contributed by atoms with Gasteiger partial charge in [0.25, 0.3) is 0 Å². The summed E-state index contributed by atoms with van der Waals surface area (Å²) in [7, 11) is 0. The highest BCUT2D eigenvalue weighted by molar-refractivity contribution is 5.59. The first-order chi connectivity index (χ1) is 8.76. The van der Waals surface area contributed by atoms with Gasteiger partial charge in [-0.05, 0) is 38.8 Å². The summed E-state index contributed by atoms with van der Waals surface area (Å²) in [5, 5.41) is 0. The quantitative estimate of drug-likeness (QED) is 0.724. The van der Waals surface area contributed by atoms with Gasteiger partial charge in [-0.15, -0.1) is 0 Å². The van der Waals surface area contributed by atoms with Gasteiger partial charge in [0.05, 0.1) is 6.54 Å². The van der Waals surface area contributed by atoms with Gasteiger partial charge in [-0.25, -0.2) is 0 Å². The van der Waals surface area contributed by atoms with Crippen LogP contribution in [0.1, 0.15) is 26.3 Å². The summed E-state index contributed by atoms with van der Waals surface area (Å²) in [6, 6.07) is 9.12. The van der Waals surface area contributed by atoms with Crippen molar-refractivity contribution in [3.63, 3.8) is 0 Å². The number of fused-ring (bicyclic) bond motifs is 1. The fraction of sp³-hybridized carbons (Fsp3) is 0.600. The standard InChI is InChI=1S/C15H23NO2/c1-4-17-15(18-5-2)11-16-12(3)10-13-8-6-7-9-14(13)16/h6-9,12,15H,4-5,10-11H2,1-3H3. The molecule has 0 aliphatic carbocycles. The summed E-state index contributed by atoms with van der Waals surface area (Å²) < 4.78 is 11.3. The molecular formula is C15H23NO2. The SMILES string of the molecule is CCOC(CN1c2ccccc2CC1C)OCC. The molecule has 1 aliphatic rings. The Morgan fingerprint density at radius 1 is 1.22 bits per heavy atom. The first-order valence-electron chi connectivity index (χ1n) is 6.84. The highest BCUT2D eigenvalue weighted by atomic mass is 16.7. The fourth-order valence-corrected chi connectivity index (χ4v) is 2.59. The Balaban J connectivity index is 2.08. The number of rotatable bonds is 6. The predicted molar refractivity (Wildman–Crippen MR) is 74.0 cm³/mol. The maximum Gasteiger partial charge on any atom is 0.174 e. The van der Waals surface area contributed by atoms with Crippen molar-refractivity contribution in [1.82, 2.24) is 0 Å². The van der Waals surface area contributed by atoms with Crippen LogP contribution in [0.5, 0.6) is 0 Å².